The van der Waals surface area contributed by atoms with Gasteiger partial charge in [0.25, 0.3) is 0 Å². The minimum atomic E-state index is -5.58. The number of benzene rings is 1. The van der Waals surface area contributed by atoms with E-state index < -0.39 is 35.7 Å². The summed E-state index contributed by atoms with van der Waals surface area (Å²) in [5.74, 6) is -2.92. The predicted octanol–water partition coefficient (Wildman–Crippen LogP) is 6.36. The van der Waals surface area contributed by atoms with Crippen LogP contribution in [0.3, 0.4) is 0 Å². The zero-order valence-corrected chi connectivity index (χ0v) is 22.6. The van der Waals surface area contributed by atoms with Crippen molar-refractivity contribution in [1.82, 2.24) is 0 Å². The van der Waals surface area contributed by atoms with Crippen LogP contribution in [0, 0.1) is 23.2 Å². The van der Waals surface area contributed by atoms with E-state index in [9.17, 15) is 36.4 Å². The molecule has 0 amide bonds. The molecule has 2 fully saturated rings. The quantitative estimate of drug-likeness (QED) is 0.306. The first kappa shape index (κ1) is 29.7. The molecule has 4 nitrogen and oxygen atoms in total. The topological polar surface area (TPSA) is 66.8 Å². The van der Waals surface area contributed by atoms with Crippen LogP contribution in [0.5, 0.6) is 5.75 Å². The Morgan fingerprint density at radius 2 is 1.84 bits per heavy atom. The van der Waals surface area contributed by atoms with Gasteiger partial charge in [0.1, 0.15) is 5.75 Å². The second kappa shape index (κ2) is 11.7. The first-order chi connectivity index (χ1) is 17.9. The minimum absolute atomic E-state index is 0.00617. The van der Waals surface area contributed by atoms with Gasteiger partial charge in [-0.25, -0.2) is 0 Å². The molecular formula is C28H39F5O4S. The van der Waals surface area contributed by atoms with Gasteiger partial charge >= 0.3 is 12.1 Å². The number of halogens is 5. The van der Waals surface area contributed by atoms with Crippen molar-refractivity contribution in [3.05, 3.63) is 29.3 Å². The van der Waals surface area contributed by atoms with E-state index in [1.54, 1.807) is 6.07 Å². The zero-order chi connectivity index (χ0) is 27.7. The average Bonchev–Trinajstić information content (AvgIpc) is 3.17. The first-order valence-corrected chi connectivity index (χ1v) is 15.2. The Hall–Kier alpha value is -1.26. The summed E-state index contributed by atoms with van der Waals surface area (Å²) >= 11 is 0. The summed E-state index contributed by atoms with van der Waals surface area (Å²) in [4.78, 5) is 0. The number of ether oxygens (including phenoxy) is 1. The van der Waals surface area contributed by atoms with E-state index >= 15 is 0 Å². The van der Waals surface area contributed by atoms with Crippen LogP contribution in [-0.4, -0.2) is 57.3 Å². The molecule has 216 valence electrons. The van der Waals surface area contributed by atoms with Crippen LogP contribution in [0.15, 0.2) is 18.2 Å². The first-order valence-electron chi connectivity index (χ1n) is 13.7. The van der Waals surface area contributed by atoms with Gasteiger partial charge < -0.3 is 14.9 Å². The molecule has 1 aromatic carbocycles. The Morgan fingerprint density at radius 1 is 1.11 bits per heavy atom. The molecule has 0 aromatic heterocycles. The van der Waals surface area contributed by atoms with Crippen molar-refractivity contribution >= 4 is 10.8 Å². The summed E-state index contributed by atoms with van der Waals surface area (Å²) in [5.41, 5.74) is 2.44. The van der Waals surface area contributed by atoms with E-state index in [0.717, 1.165) is 44.1 Å². The molecule has 0 spiro atoms. The fraction of sp³-hybridized carbons (Fsp3) is 0.786. The van der Waals surface area contributed by atoms with Crippen molar-refractivity contribution < 1.29 is 41.1 Å². The summed E-state index contributed by atoms with van der Waals surface area (Å²) in [5, 5.41) is 19.4. The third-order valence-corrected chi connectivity index (χ3v) is 10.9. The molecule has 0 saturated heterocycles. The van der Waals surface area contributed by atoms with Gasteiger partial charge in [0.15, 0.2) is 0 Å². The zero-order valence-electron chi connectivity index (χ0n) is 21.8. The molecule has 3 aliphatic rings. The number of phenols is 1. The smallest absolute Gasteiger partial charge is 0.453 e. The summed E-state index contributed by atoms with van der Waals surface area (Å²) in [6, 6.07) is 5.63. The maximum absolute atomic E-state index is 13.2. The summed E-state index contributed by atoms with van der Waals surface area (Å²) in [6.45, 7) is 2.62. The molecule has 1 unspecified atom stereocenters. The Balaban J connectivity index is 1.42. The third kappa shape index (κ3) is 6.07. The van der Waals surface area contributed by atoms with Gasteiger partial charge in [-0.1, -0.05) is 13.0 Å². The Morgan fingerprint density at radius 3 is 2.55 bits per heavy atom. The summed E-state index contributed by atoms with van der Waals surface area (Å²) in [6.07, 6.45) is -1.04. The lowest BCUT2D eigenvalue weighted by Gasteiger charge is -2.53. The SMILES string of the molecule is C[C@]12CC[C@@H]3c4ccc(O)cc4C[C@@H](CCCS(=O)CCCC(F)(F)C(F)(F)F)[C@H]3[C@@H]1CC[C@@H]2OCCO. The van der Waals surface area contributed by atoms with E-state index in [0.29, 0.717) is 36.7 Å². The molecular weight excluding hydrogens is 527 g/mol. The second-order valence-electron chi connectivity index (χ2n) is 11.6. The standard InChI is InChI=1S/C28H39F5O4S/c1-26-11-9-22-21-6-5-20(35)17-19(21)16-18(25(22)23(26)7-8-24(26)37-13-12-34)4-2-14-38(36)15-3-10-27(29,30)28(31,32)33/h5-6,17-18,22-25,34-35H,2-4,7-16H2,1H3/t18-,22-,23+,24+,25-,26+,38?/m1/s1. The van der Waals surface area contributed by atoms with Crippen LogP contribution < -0.4 is 0 Å². The van der Waals surface area contributed by atoms with Crippen LogP contribution in [0.4, 0.5) is 22.0 Å². The number of hydrogen-bond donors (Lipinski definition) is 2. The van der Waals surface area contributed by atoms with Crippen molar-refractivity contribution in [2.45, 2.75) is 88.8 Å². The number of phenolic OH excluding ortho intramolecular Hbond substituents is 1. The molecule has 0 aliphatic heterocycles. The lowest BCUT2D eigenvalue weighted by Crippen LogP contribution is -2.48. The molecule has 38 heavy (non-hydrogen) atoms. The average molecular weight is 567 g/mol. The van der Waals surface area contributed by atoms with Crippen molar-refractivity contribution in [2.75, 3.05) is 24.7 Å². The number of aliphatic hydroxyl groups is 1. The van der Waals surface area contributed by atoms with E-state index in [4.69, 9.17) is 4.74 Å². The molecule has 7 atom stereocenters. The maximum Gasteiger partial charge on any atom is 0.453 e. The van der Waals surface area contributed by atoms with Crippen LogP contribution >= 0.6 is 0 Å². The van der Waals surface area contributed by atoms with E-state index in [1.165, 1.54) is 5.56 Å². The van der Waals surface area contributed by atoms with Crippen molar-refractivity contribution in [3.63, 3.8) is 0 Å². The molecule has 3 aliphatic carbocycles. The summed E-state index contributed by atoms with van der Waals surface area (Å²) in [7, 11) is -1.45. The van der Waals surface area contributed by atoms with Crippen molar-refractivity contribution in [3.8, 4) is 5.75 Å². The van der Waals surface area contributed by atoms with Crippen LogP contribution in [0.25, 0.3) is 0 Å². The second-order valence-corrected chi connectivity index (χ2v) is 13.3. The lowest BCUT2D eigenvalue weighted by atomic mass is 9.52. The highest BCUT2D eigenvalue weighted by molar-refractivity contribution is 7.84. The third-order valence-electron chi connectivity index (χ3n) is 9.43. The fourth-order valence-corrected chi connectivity index (χ4v) is 8.84. The minimum Gasteiger partial charge on any atom is -0.508 e. The van der Waals surface area contributed by atoms with Crippen molar-refractivity contribution in [1.29, 1.82) is 0 Å². The highest BCUT2D eigenvalue weighted by Gasteiger charge is 2.58. The molecule has 2 N–H and O–H groups in total. The Bertz CT molecular complexity index is 986. The number of hydrogen-bond acceptors (Lipinski definition) is 4. The van der Waals surface area contributed by atoms with Crippen LogP contribution in [-0.2, 0) is 22.0 Å². The van der Waals surface area contributed by atoms with Crippen molar-refractivity contribution in [2.24, 2.45) is 23.2 Å². The largest absolute Gasteiger partial charge is 0.508 e. The molecule has 0 heterocycles. The van der Waals surface area contributed by atoms with Crippen LogP contribution in [0.2, 0.25) is 0 Å². The van der Waals surface area contributed by atoms with E-state index in [2.05, 4.69) is 6.92 Å². The molecule has 2 saturated carbocycles. The number of aliphatic hydroxyl groups excluding tert-OH is 1. The molecule has 1 aromatic rings. The predicted molar refractivity (Wildman–Crippen MR) is 136 cm³/mol. The maximum atomic E-state index is 13.2. The van der Waals surface area contributed by atoms with Gasteiger partial charge in [-0.2, -0.15) is 22.0 Å². The normalized spacial score (nSPS) is 31.9. The number of fused-ring (bicyclic) bond motifs is 5. The Labute approximate surface area is 223 Å². The number of alkyl halides is 5. The molecule has 0 bridgehead atoms. The van der Waals surface area contributed by atoms with Gasteiger partial charge in [0.05, 0.1) is 19.3 Å². The fourth-order valence-electron chi connectivity index (χ4n) is 7.68. The molecule has 4 rings (SSSR count). The highest BCUT2D eigenvalue weighted by atomic mass is 32.2. The summed E-state index contributed by atoms with van der Waals surface area (Å²) < 4.78 is 82.0. The van der Waals surface area contributed by atoms with Gasteiger partial charge in [-0.05, 0) is 104 Å². The lowest BCUT2D eigenvalue weighted by molar-refractivity contribution is -0.284. The van der Waals surface area contributed by atoms with E-state index in [1.807, 2.05) is 12.1 Å². The van der Waals surface area contributed by atoms with Crippen LogP contribution in [0.1, 0.15) is 75.3 Å². The number of aromatic hydroxyl groups is 1. The monoisotopic (exact) mass is 566 g/mol. The van der Waals surface area contributed by atoms with E-state index in [-0.39, 0.29) is 35.4 Å². The molecule has 10 heteroatoms. The Kier molecular flexibility index (Phi) is 9.14. The van der Waals surface area contributed by atoms with Gasteiger partial charge in [-0.3, -0.25) is 4.21 Å². The van der Waals surface area contributed by atoms with Gasteiger partial charge in [0, 0.05) is 28.7 Å². The molecule has 0 radical (unpaired) electrons. The highest BCUT2D eigenvalue weighted by Crippen LogP contribution is 2.63. The number of rotatable bonds is 11. The van der Waals surface area contributed by atoms with Gasteiger partial charge in [0.2, 0.25) is 0 Å². The van der Waals surface area contributed by atoms with Gasteiger partial charge in [-0.15, -0.1) is 0 Å².